The average molecular weight is 488 g/mol. The van der Waals surface area contributed by atoms with Gasteiger partial charge >= 0.3 is 5.97 Å². The van der Waals surface area contributed by atoms with Crippen LogP contribution in [0.2, 0.25) is 5.02 Å². The van der Waals surface area contributed by atoms with Gasteiger partial charge in [0.1, 0.15) is 0 Å². The molecule has 7 nitrogen and oxygen atoms in total. The molecule has 3 aromatic rings. The molecule has 1 amide bonds. The maximum absolute atomic E-state index is 13.7. The smallest absolute Gasteiger partial charge is 0.338 e. The SMILES string of the molecule is COC(=O)c1ccccc1C(=O)N(CCCN1CCOCC1)c1nc2c(C)c(Cl)ccc2s1. The van der Waals surface area contributed by atoms with Crippen molar-refractivity contribution in [1.29, 1.82) is 0 Å². The lowest BCUT2D eigenvalue weighted by Gasteiger charge is -2.28. The molecule has 9 heteroatoms. The molecule has 1 aliphatic heterocycles. The third kappa shape index (κ3) is 5.19. The Morgan fingerprint density at radius 2 is 1.91 bits per heavy atom. The first kappa shape index (κ1) is 23.6. The van der Waals surface area contributed by atoms with E-state index in [2.05, 4.69) is 4.90 Å². The van der Waals surface area contributed by atoms with Gasteiger partial charge in [-0.15, -0.1) is 0 Å². The number of nitrogens with zero attached hydrogens (tertiary/aromatic N) is 3. The third-order valence-corrected chi connectivity index (χ3v) is 7.19. The maximum Gasteiger partial charge on any atom is 0.338 e. The highest BCUT2D eigenvalue weighted by molar-refractivity contribution is 7.22. The standard InChI is InChI=1S/C24H26ClN3O4S/c1-16-19(25)8-9-20-21(16)26-24(33-20)28(11-5-10-27-12-14-32-15-13-27)22(29)17-6-3-4-7-18(17)23(30)31-2/h3-4,6-9H,5,10-15H2,1-2H3. The third-order valence-electron chi connectivity index (χ3n) is 5.74. The van der Waals surface area contributed by atoms with Crippen molar-refractivity contribution in [2.45, 2.75) is 13.3 Å². The molecule has 0 saturated carbocycles. The Morgan fingerprint density at radius 1 is 1.18 bits per heavy atom. The van der Waals surface area contributed by atoms with E-state index < -0.39 is 5.97 Å². The summed E-state index contributed by atoms with van der Waals surface area (Å²) in [5.74, 6) is -0.820. The zero-order valence-corrected chi connectivity index (χ0v) is 20.2. The molecule has 0 atom stereocenters. The Balaban J connectivity index is 1.66. The second-order valence-electron chi connectivity index (χ2n) is 7.82. The Hall–Kier alpha value is -2.52. The second kappa shape index (κ2) is 10.6. The summed E-state index contributed by atoms with van der Waals surface area (Å²) in [6, 6.07) is 10.5. The van der Waals surface area contributed by atoms with Crippen molar-refractivity contribution in [3.8, 4) is 0 Å². The monoisotopic (exact) mass is 487 g/mol. The molecule has 33 heavy (non-hydrogen) atoms. The van der Waals surface area contributed by atoms with Crippen LogP contribution < -0.4 is 4.90 Å². The van der Waals surface area contributed by atoms with Crippen LogP contribution in [0.25, 0.3) is 10.2 Å². The minimum absolute atomic E-state index is 0.239. The highest BCUT2D eigenvalue weighted by Gasteiger charge is 2.26. The number of rotatable bonds is 7. The van der Waals surface area contributed by atoms with Crippen LogP contribution >= 0.6 is 22.9 Å². The van der Waals surface area contributed by atoms with E-state index in [9.17, 15) is 9.59 Å². The Bertz CT molecular complexity index is 1160. The van der Waals surface area contributed by atoms with Crippen LogP contribution in [-0.2, 0) is 9.47 Å². The first-order valence-electron chi connectivity index (χ1n) is 10.8. The number of aromatic nitrogens is 1. The first-order chi connectivity index (χ1) is 16.0. The molecule has 0 unspecified atom stereocenters. The van der Waals surface area contributed by atoms with Gasteiger partial charge in [0, 0.05) is 31.2 Å². The summed E-state index contributed by atoms with van der Waals surface area (Å²) in [4.78, 5) is 34.8. The van der Waals surface area contributed by atoms with E-state index in [0.29, 0.717) is 22.3 Å². The number of fused-ring (bicyclic) bond motifs is 1. The minimum atomic E-state index is -0.542. The maximum atomic E-state index is 13.7. The fourth-order valence-corrected chi connectivity index (χ4v) is 5.07. The van der Waals surface area contributed by atoms with Gasteiger partial charge in [0.05, 0.1) is 41.7 Å². The highest BCUT2D eigenvalue weighted by Crippen LogP contribution is 2.34. The van der Waals surface area contributed by atoms with E-state index in [1.165, 1.54) is 18.4 Å². The molecule has 0 aliphatic carbocycles. The molecule has 1 saturated heterocycles. The van der Waals surface area contributed by atoms with Crippen LogP contribution in [0.5, 0.6) is 0 Å². The molecule has 0 N–H and O–H groups in total. The fourth-order valence-electron chi connectivity index (χ4n) is 3.87. The number of carbonyl (C=O) groups is 2. The predicted octanol–water partition coefficient (Wildman–Crippen LogP) is 4.41. The summed E-state index contributed by atoms with van der Waals surface area (Å²) < 4.78 is 11.3. The lowest BCUT2D eigenvalue weighted by atomic mass is 10.1. The Labute approximate surface area is 201 Å². The summed E-state index contributed by atoms with van der Waals surface area (Å²) in [6.45, 7) is 6.47. The van der Waals surface area contributed by atoms with E-state index in [-0.39, 0.29) is 11.5 Å². The summed E-state index contributed by atoms with van der Waals surface area (Å²) >= 11 is 7.74. The summed E-state index contributed by atoms with van der Waals surface area (Å²) in [5, 5.41) is 1.22. The molecule has 1 aromatic heterocycles. The predicted molar refractivity (Wildman–Crippen MR) is 131 cm³/mol. The number of aryl methyl sites for hydroxylation is 1. The van der Waals surface area contributed by atoms with Crippen molar-refractivity contribution in [2.24, 2.45) is 0 Å². The first-order valence-corrected chi connectivity index (χ1v) is 12.0. The molecular weight excluding hydrogens is 462 g/mol. The minimum Gasteiger partial charge on any atom is -0.465 e. The number of benzene rings is 2. The molecular formula is C24H26ClN3O4S. The summed E-state index contributed by atoms with van der Waals surface area (Å²) in [7, 11) is 1.31. The van der Waals surface area contributed by atoms with Crippen LogP contribution in [0.1, 0.15) is 32.7 Å². The van der Waals surface area contributed by atoms with Crippen LogP contribution in [0.4, 0.5) is 5.13 Å². The number of halogens is 1. The van der Waals surface area contributed by atoms with Crippen molar-refractivity contribution in [3.63, 3.8) is 0 Å². The molecule has 0 radical (unpaired) electrons. The van der Waals surface area contributed by atoms with Crippen molar-refractivity contribution in [3.05, 3.63) is 58.1 Å². The molecule has 4 rings (SSSR count). The van der Waals surface area contributed by atoms with Crippen LogP contribution in [0.3, 0.4) is 0 Å². The van der Waals surface area contributed by atoms with Crippen LogP contribution in [0.15, 0.2) is 36.4 Å². The van der Waals surface area contributed by atoms with Gasteiger partial charge in [0.25, 0.3) is 5.91 Å². The number of ether oxygens (including phenoxy) is 2. The van der Waals surface area contributed by atoms with Crippen LogP contribution in [-0.4, -0.2) is 68.3 Å². The molecule has 2 aromatic carbocycles. The lowest BCUT2D eigenvalue weighted by molar-refractivity contribution is 0.0376. The van der Waals surface area contributed by atoms with Crippen molar-refractivity contribution >= 4 is 50.2 Å². The number of esters is 1. The molecule has 174 valence electrons. The Morgan fingerprint density at radius 3 is 2.64 bits per heavy atom. The number of hydrogen-bond donors (Lipinski definition) is 0. The van der Waals surface area contributed by atoms with E-state index in [1.54, 1.807) is 29.2 Å². The number of hydrogen-bond acceptors (Lipinski definition) is 7. The normalized spacial score (nSPS) is 14.4. The van der Waals surface area contributed by atoms with Gasteiger partial charge in [-0.1, -0.05) is 35.1 Å². The average Bonchev–Trinajstić information content (AvgIpc) is 3.28. The van der Waals surface area contributed by atoms with Gasteiger partial charge in [-0.25, -0.2) is 9.78 Å². The van der Waals surface area contributed by atoms with Gasteiger partial charge in [-0.2, -0.15) is 0 Å². The highest BCUT2D eigenvalue weighted by atomic mass is 35.5. The summed E-state index contributed by atoms with van der Waals surface area (Å²) in [5.41, 5.74) is 2.20. The van der Waals surface area contributed by atoms with Gasteiger partial charge < -0.3 is 9.47 Å². The molecule has 0 spiro atoms. The van der Waals surface area contributed by atoms with Gasteiger partial charge in [0.2, 0.25) is 0 Å². The quantitative estimate of drug-likeness (QED) is 0.459. The number of carbonyl (C=O) groups excluding carboxylic acids is 2. The largest absolute Gasteiger partial charge is 0.465 e. The van der Waals surface area contributed by atoms with Crippen molar-refractivity contribution < 1.29 is 19.1 Å². The van der Waals surface area contributed by atoms with Crippen molar-refractivity contribution in [2.75, 3.05) is 51.4 Å². The molecule has 2 heterocycles. The number of morpholine rings is 1. The molecule has 1 fully saturated rings. The van der Waals surface area contributed by atoms with E-state index in [4.69, 9.17) is 26.1 Å². The Kier molecular flexibility index (Phi) is 7.60. The van der Waals surface area contributed by atoms with Gasteiger partial charge in [-0.05, 0) is 43.2 Å². The number of anilines is 1. The number of thiazole rings is 1. The number of amides is 1. The topological polar surface area (TPSA) is 72.0 Å². The second-order valence-corrected chi connectivity index (χ2v) is 9.23. The summed E-state index contributed by atoms with van der Waals surface area (Å²) in [6.07, 6.45) is 0.766. The fraction of sp³-hybridized carbons (Fsp3) is 0.375. The zero-order valence-electron chi connectivity index (χ0n) is 18.7. The van der Waals surface area contributed by atoms with E-state index >= 15 is 0 Å². The zero-order chi connectivity index (χ0) is 23.4. The number of methoxy groups -OCH3 is 1. The van der Waals surface area contributed by atoms with E-state index in [0.717, 1.165) is 55.0 Å². The van der Waals surface area contributed by atoms with Gasteiger partial charge in [0.15, 0.2) is 5.13 Å². The molecule has 1 aliphatic rings. The molecule has 0 bridgehead atoms. The van der Waals surface area contributed by atoms with E-state index in [1.807, 2.05) is 19.1 Å². The van der Waals surface area contributed by atoms with Crippen molar-refractivity contribution in [1.82, 2.24) is 9.88 Å². The lowest BCUT2D eigenvalue weighted by Crippen LogP contribution is -2.39. The van der Waals surface area contributed by atoms with Crippen LogP contribution in [0, 0.1) is 6.92 Å². The van der Waals surface area contributed by atoms with Gasteiger partial charge in [-0.3, -0.25) is 14.6 Å².